The molecule has 1 aliphatic carbocycles. The topological polar surface area (TPSA) is 0 Å². The molecule has 0 radical (unpaired) electrons. The maximum absolute atomic E-state index is 2.42. The van der Waals surface area contributed by atoms with E-state index in [4.69, 9.17) is 0 Å². The summed E-state index contributed by atoms with van der Waals surface area (Å²) in [6.45, 7) is 4.74. The lowest BCUT2D eigenvalue weighted by Crippen LogP contribution is -2.23. The average Bonchev–Trinajstić information content (AvgIpc) is 3.09. The van der Waals surface area contributed by atoms with Crippen LogP contribution in [0.1, 0.15) is 25.0 Å². The first kappa shape index (κ1) is 24.9. The number of rotatable bonds is 2. The van der Waals surface area contributed by atoms with Crippen molar-refractivity contribution in [1.29, 1.82) is 0 Å². The number of hydrogen-bond donors (Lipinski definition) is 0. The van der Waals surface area contributed by atoms with Gasteiger partial charge in [-0.1, -0.05) is 153 Å². The number of hydrogen-bond acceptors (Lipinski definition) is 0. The second kappa shape index (κ2) is 8.80. The van der Waals surface area contributed by atoms with E-state index in [1.165, 1.54) is 98.4 Å². The molecule has 9 aromatic rings. The summed E-state index contributed by atoms with van der Waals surface area (Å²) in [6.07, 6.45) is 0. The molecule has 9 aromatic carbocycles. The Hall–Kier alpha value is -5.46. The fourth-order valence-corrected chi connectivity index (χ4v) is 8.46. The van der Waals surface area contributed by atoms with Crippen molar-refractivity contribution in [2.24, 2.45) is 0 Å². The van der Waals surface area contributed by atoms with Crippen LogP contribution in [0.15, 0.2) is 146 Å². The van der Waals surface area contributed by atoms with Crippen LogP contribution in [-0.4, -0.2) is 0 Å². The molecule has 0 saturated heterocycles. The highest BCUT2D eigenvalue weighted by molar-refractivity contribution is 6.25. The lowest BCUT2D eigenvalue weighted by Gasteiger charge is -2.35. The van der Waals surface area contributed by atoms with Gasteiger partial charge in [-0.25, -0.2) is 0 Å². The molecule has 0 N–H and O–H groups in total. The van der Waals surface area contributed by atoms with E-state index in [0.29, 0.717) is 0 Å². The summed E-state index contributed by atoms with van der Waals surface area (Å²) in [5, 5.41) is 13.2. The lowest BCUT2D eigenvalue weighted by molar-refractivity contribution is 0.645. The summed E-state index contributed by atoms with van der Waals surface area (Å²) in [6, 6.07) is 54.7. The van der Waals surface area contributed by atoms with Crippen LogP contribution in [0.5, 0.6) is 0 Å². The van der Waals surface area contributed by atoms with Crippen LogP contribution in [0.4, 0.5) is 0 Å². The summed E-state index contributed by atoms with van der Waals surface area (Å²) in [7, 11) is 0. The van der Waals surface area contributed by atoms with Crippen molar-refractivity contribution < 1.29 is 0 Å². The normalized spacial score (nSPS) is 13.7. The fourth-order valence-electron chi connectivity index (χ4n) is 8.46. The van der Waals surface area contributed by atoms with E-state index >= 15 is 0 Å². The number of fused-ring (bicyclic) bond motifs is 3. The van der Waals surface area contributed by atoms with Crippen LogP contribution >= 0.6 is 0 Å². The Morgan fingerprint density at radius 1 is 0.333 bits per heavy atom. The van der Waals surface area contributed by atoms with Crippen molar-refractivity contribution >= 4 is 53.9 Å². The van der Waals surface area contributed by atoms with Gasteiger partial charge < -0.3 is 0 Å². The standard InChI is InChI=1S/C45H30/c1-45(2)40-15-4-3-11-35(40)37-14-7-13-36-34(24-25-41(45)44(36)37)33-12-6-8-27-16-19-31(26-39(27)33)32-22-20-30-18-17-28-9-5-10-29-21-23-38(32)43(30)42(28)29/h3-26H,1-2H3. The van der Waals surface area contributed by atoms with Gasteiger partial charge in [-0.15, -0.1) is 0 Å². The predicted molar refractivity (Wildman–Crippen MR) is 194 cm³/mol. The zero-order valence-corrected chi connectivity index (χ0v) is 25.4. The third-order valence-electron chi connectivity index (χ3n) is 10.6. The summed E-state index contributed by atoms with van der Waals surface area (Å²) in [4.78, 5) is 0. The largest absolute Gasteiger partial charge is 0.0619 e. The van der Waals surface area contributed by atoms with Crippen LogP contribution in [0.25, 0.3) is 87.2 Å². The molecule has 0 unspecified atom stereocenters. The zero-order valence-electron chi connectivity index (χ0n) is 25.4. The summed E-state index contributed by atoms with van der Waals surface area (Å²) >= 11 is 0. The summed E-state index contributed by atoms with van der Waals surface area (Å²) in [5.74, 6) is 0. The minimum absolute atomic E-state index is 0.0668. The highest BCUT2D eigenvalue weighted by atomic mass is 14.4. The third kappa shape index (κ3) is 3.32. The first-order valence-electron chi connectivity index (χ1n) is 15.9. The molecule has 1 aliphatic rings. The van der Waals surface area contributed by atoms with Crippen LogP contribution in [-0.2, 0) is 5.41 Å². The molecule has 0 heteroatoms. The summed E-state index contributed by atoms with van der Waals surface area (Å²) < 4.78 is 0. The molecule has 0 aromatic heterocycles. The Balaban J connectivity index is 1.23. The highest BCUT2D eigenvalue weighted by Crippen LogP contribution is 2.50. The predicted octanol–water partition coefficient (Wildman–Crippen LogP) is 12.5. The van der Waals surface area contributed by atoms with Gasteiger partial charge >= 0.3 is 0 Å². The molecule has 0 bridgehead atoms. The maximum Gasteiger partial charge on any atom is 0.0159 e. The smallest absolute Gasteiger partial charge is 0.0159 e. The lowest BCUT2D eigenvalue weighted by atomic mass is 9.68. The molecule has 0 fully saturated rings. The first-order valence-corrected chi connectivity index (χ1v) is 15.9. The third-order valence-corrected chi connectivity index (χ3v) is 10.6. The second-order valence-corrected chi connectivity index (χ2v) is 13.3. The van der Waals surface area contributed by atoms with Crippen molar-refractivity contribution in [3.8, 4) is 33.4 Å². The molecular formula is C45H30. The van der Waals surface area contributed by atoms with E-state index < -0.39 is 0 Å². The van der Waals surface area contributed by atoms with E-state index in [0.717, 1.165) is 0 Å². The highest BCUT2D eigenvalue weighted by Gasteiger charge is 2.33. The zero-order chi connectivity index (χ0) is 29.9. The second-order valence-electron chi connectivity index (χ2n) is 13.3. The maximum atomic E-state index is 2.42. The van der Waals surface area contributed by atoms with Gasteiger partial charge in [0, 0.05) is 5.41 Å². The van der Waals surface area contributed by atoms with Gasteiger partial charge in [-0.05, 0) is 104 Å². The molecule has 0 amide bonds. The minimum Gasteiger partial charge on any atom is -0.0619 e. The number of benzene rings is 9. The van der Waals surface area contributed by atoms with Gasteiger partial charge in [0.15, 0.2) is 0 Å². The Morgan fingerprint density at radius 2 is 0.933 bits per heavy atom. The van der Waals surface area contributed by atoms with E-state index in [2.05, 4.69) is 159 Å². The SMILES string of the molecule is CC1(C)c2ccccc2-c2cccc3c(-c4cccc5ccc(-c6ccc7ccc8cccc9ccc6c7c89)cc45)ccc1c23. The Bertz CT molecular complexity index is 2650. The fraction of sp³-hybridized carbons (Fsp3) is 0.0667. The van der Waals surface area contributed by atoms with Crippen LogP contribution in [0, 0.1) is 0 Å². The van der Waals surface area contributed by atoms with Crippen LogP contribution < -0.4 is 0 Å². The van der Waals surface area contributed by atoms with E-state index in [1.807, 2.05) is 0 Å². The molecule has 0 saturated carbocycles. The monoisotopic (exact) mass is 570 g/mol. The molecule has 210 valence electrons. The Morgan fingerprint density at radius 3 is 1.82 bits per heavy atom. The molecule has 0 spiro atoms. The van der Waals surface area contributed by atoms with Crippen LogP contribution in [0.3, 0.4) is 0 Å². The summed E-state index contributed by atoms with van der Waals surface area (Å²) in [5.41, 5.74) is 10.6. The molecule has 0 heterocycles. The van der Waals surface area contributed by atoms with Gasteiger partial charge in [0.2, 0.25) is 0 Å². The van der Waals surface area contributed by atoms with Gasteiger partial charge in [0.25, 0.3) is 0 Å². The van der Waals surface area contributed by atoms with E-state index in [1.54, 1.807) is 0 Å². The van der Waals surface area contributed by atoms with Crippen molar-refractivity contribution in [3.05, 3.63) is 157 Å². The van der Waals surface area contributed by atoms with Crippen molar-refractivity contribution in [2.75, 3.05) is 0 Å². The van der Waals surface area contributed by atoms with Crippen molar-refractivity contribution in [3.63, 3.8) is 0 Å². The van der Waals surface area contributed by atoms with Gasteiger partial charge in [-0.3, -0.25) is 0 Å². The Labute approximate surface area is 262 Å². The van der Waals surface area contributed by atoms with Gasteiger partial charge in [-0.2, -0.15) is 0 Å². The average molecular weight is 571 g/mol. The van der Waals surface area contributed by atoms with E-state index in [-0.39, 0.29) is 5.41 Å². The van der Waals surface area contributed by atoms with Crippen molar-refractivity contribution in [2.45, 2.75) is 19.3 Å². The molecule has 0 nitrogen and oxygen atoms in total. The van der Waals surface area contributed by atoms with Gasteiger partial charge in [0.05, 0.1) is 0 Å². The van der Waals surface area contributed by atoms with Crippen LogP contribution in [0.2, 0.25) is 0 Å². The van der Waals surface area contributed by atoms with E-state index in [9.17, 15) is 0 Å². The Kier molecular flexibility index (Phi) is 4.88. The molecule has 0 aliphatic heterocycles. The van der Waals surface area contributed by atoms with Gasteiger partial charge in [0.1, 0.15) is 0 Å². The van der Waals surface area contributed by atoms with Crippen molar-refractivity contribution in [1.82, 2.24) is 0 Å². The quantitative estimate of drug-likeness (QED) is 0.181. The molecular weight excluding hydrogens is 540 g/mol. The molecule has 10 rings (SSSR count). The molecule has 0 atom stereocenters. The minimum atomic E-state index is -0.0668. The first-order chi connectivity index (χ1) is 22.1. The molecule has 45 heavy (non-hydrogen) atoms.